The summed E-state index contributed by atoms with van der Waals surface area (Å²) in [5, 5.41) is 12.6. The second-order valence-corrected chi connectivity index (χ2v) is 5.03. The molecule has 1 aliphatic heterocycles. The lowest BCUT2D eigenvalue weighted by Gasteiger charge is -2.31. The molecule has 0 aromatic carbocycles. The van der Waals surface area contributed by atoms with Crippen molar-refractivity contribution in [1.82, 2.24) is 29.4 Å². The normalized spacial score (nSPS) is 18.1. The topological polar surface area (TPSA) is 78.1 Å². The van der Waals surface area contributed by atoms with Crippen LogP contribution in [0.25, 0.3) is 0 Å². The summed E-state index contributed by atoms with van der Waals surface area (Å²) in [7, 11) is 1.63. The van der Waals surface area contributed by atoms with Crippen LogP contribution in [0.4, 0.5) is 0 Å². The maximum absolute atomic E-state index is 12.4. The zero-order chi connectivity index (χ0) is 14.8. The zero-order valence-electron chi connectivity index (χ0n) is 12.1. The summed E-state index contributed by atoms with van der Waals surface area (Å²) in [4.78, 5) is 14.2. The Balaban J connectivity index is 1.84. The van der Waals surface area contributed by atoms with Crippen LogP contribution in [0.2, 0.25) is 0 Å². The fourth-order valence-electron chi connectivity index (χ4n) is 2.58. The molecule has 0 aliphatic carbocycles. The van der Waals surface area contributed by atoms with Crippen LogP contribution in [0, 0.1) is 0 Å². The molecule has 112 valence electrons. The molecule has 8 heteroatoms. The van der Waals surface area contributed by atoms with Gasteiger partial charge in [0.25, 0.3) is 0 Å². The van der Waals surface area contributed by atoms with Crippen LogP contribution in [0.5, 0.6) is 0 Å². The van der Waals surface area contributed by atoms with Crippen molar-refractivity contribution in [2.75, 3.05) is 20.3 Å². The maximum Gasteiger partial charge on any atom is 0.245 e. The van der Waals surface area contributed by atoms with E-state index in [0.29, 0.717) is 26.2 Å². The van der Waals surface area contributed by atoms with Gasteiger partial charge >= 0.3 is 0 Å². The highest BCUT2D eigenvalue weighted by Crippen LogP contribution is 2.22. The molecule has 0 spiro atoms. The van der Waals surface area contributed by atoms with Gasteiger partial charge in [-0.15, -0.1) is 10.2 Å². The van der Waals surface area contributed by atoms with E-state index in [-0.39, 0.29) is 11.9 Å². The molecule has 0 saturated carbocycles. The van der Waals surface area contributed by atoms with E-state index in [1.807, 2.05) is 23.8 Å². The molecular weight excluding hydrogens is 272 g/mol. The molecule has 2 aromatic heterocycles. The molecule has 0 saturated heterocycles. The number of fused-ring (bicyclic) bond motifs is 1. The number of nitrogens with zero attached hydrogens (tertiary/aromatic N) is 6. The van der Waals surface area contributed by atoms with E-state index in [4.69, 9.17) is 4.74 Å². The zero-order valence-corrected chi connectivity index (χ0v) is 12.1. The lowest BCUT2D eigenvalue weighted by molar-refractivity contribution is -0.137. The van der Waals surface area contributed by atoms with E-state index in [2.05, 4.69) is 15.3 Å². The van der Waals surface area contributed by atoms with E-state index in [1.165, 1.54) is 0 Å². The lowest BCUT2D eigenvalue weighted by atomic mass is 10.2. The quantitative estimate of drug-likeness (QED) is 0.779. The van der Waals surface area contributed by atoms with Gasteiger partial charge in [-0.25, -0.2) is 0 Å². The Labute approximate surface area is 122 Å². The second-order valence-electron chi connectivity index (χ2n) is 5.03. The Bertz CT molecular complexity index is 621. The largest absolute Gasteiger partial charge is 0.383 e. The van der Waals surface area contributed by atoms with Crippen molar-refractivity contribution in [3.8, 4) is 0 Å². The van der Waals surface area contributed by atoms with Gasteiger partial charge in [-0.05, 0) is 13.0 Å². The summed E-state index contributed by atoms with van der Waals surface area (Å²) < 4.78 is 8.72. The highest BCUT2D eigenvalue weighted by atomic mass is 16.5. The molecule has 3 heterocycles. The fourth-order valence-corrected chi connectivity index (χ4v) is 2.58. The summed E-state index contributed by atoms with van der Waals surface area (Å²) in [5.74, 6) is 1.63. The average Bonchev–Trinajstić information content (AvgIpc) is 3.12. The smallest absolute Gasteiger partial charge is 0.245 e. The van der Waals surface area contributed by atoms with Crippen LogP contribution in [0.15, 0.2) is 18.5 Å². The van der Waals surface area contributed by atoms with Crippen molar-refractivity contribution in [3.05, 3.63) is 30.1 Å². The first-order valence-corrected chi connectivity index (χ1v) is 6.88. The van der Waals surface area contributed by atoms with Crippen molar-refractivity contribution in [2.45, 2.75) is 26.1 Å². The Morgan fingerprint density at radius 2 is 2.29 bits per heavy atom. The van der Waals surface area contributed by atoms with E-state index >= 15 is 0 Å². The van der Waals surface area contributed by atoms with Gasteiger partial charge in [0.1, 0.15) is 12.6 Å². The summed E-state index contributed by atoms with van der Waals surface area (Å²) in [6.07, 6.45) is 3.58. The third-order valence-electron chi connectivity index (χ3n) is 3.65. The number of ether oxygens (including phenoxy) is 1. The predicted molar refractivity (Wildman–Crippen MR) is 73.4 cm³/mol. The van der Waals surface area contributed by atoms with Crippen LogP contribution in [-0.2, 0) is 22.6 Å². The van der Waals surface area contributed by atoms with Gasteiger partial charge in [0.05, 0.1) is 13.2 Å². The van der Waals surface area contributed by atoms with E-state index in [1.54, 1.807) is 22.9 Å². The third kappa shape index (κ3) is 2.54. The van der Waals surface area contributed by atoms with Crippen molar-refractivity contribution in [1.29, 1.82) is 0 Å². The van der Waals surface area contributed by atoms with Crippen LogP contribution in [0.1, 0.15) is 24.6 Å². The molecule has 0 bridgehead atoms. The first kappa shape index (κ1) is 13.7. The average molecular weight is 290 g/mol. The van der Waals surface area contributed by atoms with Crippen molar-refractivity contribution in [3.63, 3.8) is 0 Å². The minimum Gasteiger partial charge on any atom is -0.383 e. The predicted octanol–water partition coefficient (Wildman–Crippen LogP) is 0.0725. The molecule has 1 atom stereocenters. The summed E-state index contributed by atoms with van der Waals surface area (Å²) in [5.41, 5.74) is 0. The number of carbonyl (C=O) groups is 1. The number of aromatic nitrogens is 5. The molecule has 0 radical (unpaired) electrons. The number of methoxy groups -OCH3 is 1. The first-order valence-electron chi connectivity index (χ1n) is 6.88. The minimum absolute atomic E-state index is 0.0704. The SMILES string of the molecule is COCCN1Cc2nnc(Cn3cccn3)n2[C@@H](C)C1=O. The van der Waals surface area contributed by atoms with Crippen LogP contribution < -0.4 is 0 Å². The number of rotatable bonds is 5. The fraction of sp³-hybridized carbons (Fsp3) is 0.538. The molecule has 1 aliphatic rings. The van der Waals surface area contributed by atoms with Gasteiger partial charge in [0, 0.05) is 26.0 Å². The Kier molecular flexibility index (Phi) is 3.70. The van der Waals surface area contributed by atoms with Gasteiger partial charge in [-0.3, -0.25) is 14.0 Å². The number of carbonyl (C=O) groups excluding carboxylic acids is 1. The Hall–Kier alpha value is -2.22. The van der Waals surface area contributed by atoms with Gasteiger partial charge < -0.3 is 9.64 Å². The molecule has 21 heavy (non-hydrogen) atoms. The van der Waals surface area contributed by atoms with Gasteiger partial charge in [-0.1, -0.05) is 0 Å². The van der Waals surface area contributed by atoms with Crippen molar-refractivity contribution in [2.24, 2.45) is 0 Å². The molecule has 1 amide bonds. The maximum atomic E-state index is 12.4. The Morgan fingerprint density at radius 3 is 3.00 bits per heavy atom. The van der Waals surface area contributed by atoms with Gasteiger partial charge in [0.2, 0.25) is 5.91 Å². The molecule has 3 rings (SSSR count). The standard InChI is InChI=1S/C13H18N6O2/c1-10-13(20)17(6-7-21-2)8-11-15-16-12(19(10)11)9-18-5-3-4-14-18/h3-5,10H,6-9H2,1-2H3/t10-/m0/s1. The number of hydrogen-bond acceptors (Lipinski definition) is 5. The molecule has 0 N–H and O–H groups in total. The van der Waals surface area contributed by atoms with E-state index in [9.17, 15) is 4.79 Å². The monoisotopic (exact) mass is 290 g/mol. The summed E-state index contributed by atoms with van der Waals surface area (Å²) in [6.45, 7) is 3.95. The molecule has 0 fully saturated rings. The summed E-state index contributed by atoms with van der Waals surface area (Å²) >= 11 is 0. The number of amides is 1. The van der Waals surface area contributed by atoms with Crippen LogP contribution >= 0.6 is 0 Å². The summed E-state index contributed by atoms with van der Waals surface area (Å²) in [6, 6.07) is 1.56. The lowest BCUT2D eigenvalue weighted by Crippen LogP contribution is -2.43. The van der Waals surface area contributed by atoms with E-state index in [0.717, 1.165) is 11.6 Å². The minimum atomic E-state index is -0.300. The van der Waals surface area contributed by atoms with Crippen molar-refractivity contribution < 1.29 is 9.53 Å². The second kappa shape index (κ2) is 5.65. The first-order chi connectivity index (χ1) is 10.2. The number of hydrogen-bond donors (Lipinski definition) is 0. The van der Waals surface area contributed by atoms with Crippen LogP contribution in [0.3, 0.4) is 0 Å². The molecule has 8 nitrogen and oxygen atoms in total. The molecular formula is C13H18N6O2. The third-order valence-corrected chi connectivity index (χ3v) is 3.65. The van der Waals surface area contributed by atoms with E-state index < -0.39 is 0 Å². The molecule has 0 unspecified atom stereocenters. The van der Waals surface area contributed by atoms with Gasteiger partial charge in [-0.2, -0.15) is 5.10 Å². The highest BCUT2D eigenvalue weighted by molar-refractivity contribution is 5.81. The Morgan fingerprint density at radius 1 is 1.43 bits per heavy atom. The molecule has 2 aromatic rings. The highest BCUT2D eigenvalue weighted by Gasteiger charge is 2.32. The van der Waals surface area contributed by atoms with Crippen LogP contribution in [-0.4, -0.2) is 55.6 Å². The van der Waals surface area contributed by atoms with Crippen molar-refractivity contribution >= 4 is 5.91 Å². The van der Waals surface area contributed by atoms with Gasteiger partial charge in [0.15, 0.2) is 11.6 Å².